The molecule has 0 saturated carbocycles. The van der Waals surface area contributed by atoms with Gasteiger partial charge in [-0.25, -0.2) is 4.79 Å². The highest BCUT2D eigenvalue weighted by Crippen LogP contribution is 2.28. The fourth-order valence-corrected chi connectivity index (χ4v) is 3.96. The number of thioether (sulfide) groups is 1. The Bertz CT molecular complexity index is 1060. The number of aromatic nitrogens is 1. The number of ketones is 1. The van der Waals surface area contributed by atoms with Crippen LogP contribution in [0.15, 0.2) is 57.9 Å². The largest absolute Gasteiger partial charge is 0.493 e. The van der Waals surface area contributed by atoms with Crippen LogP contribution < -0.4 is 4.74 Å². The standard InChI is InChI=1S/C22H19NO5S/c1-14-10-17(28-23-14)13-29-21-5-3-2-4-18(21)22(25)27-12-19(24)15-6-7-20-16(11-15)8-9-26-20/h2-7,10-11H,8-9,12-13H2,1H3. The minimum Gasteiger partial charge on any atom is -0.493 e. The molecule has 1 aromatic heterocycles. The van der Waals surface area contributed by atoms with Crippen LogP contribution in [-0.2, 0) is 16.9 Å². The highest BCUT2D eigenvalue weighted by molar-refractivity contribution is 7.98. The molecule has 6 nitrogen and oxygen atoms in total. The predicted molar refractivity (Wildman–Crippen MR) is 107 cm³/mol. The summed E-state index contributed by atoms with van der Waals surface area (Å²) in [5.41, 5.74) is 2.76. The van der Waals surface area contributed by atoms with Crippen LogP contribution in [0.5, 0.6) is 5.75 Å². The molecule has 2 aromatic carbocycles. The molecule has 1 aliphatic rings. The van der Waals surface area contributed by atoms with E-state index in [1.807, 2.05) is 31.2 Å². The van der Waals surface area contributed by atoms with E-state index in [0.717, 1.165) is 34.1 Å². The third kappa shape index (κ3) is 4.51. The molecule has 2 heterocycles. The second kappa shape index (κ2) is 8.53. The van der Waals surface area contributed by atoms with Crippen molar-refractivity contribution in [3.63, 3.8) is 0 Å². The van der Waals surface area contributed by atoms with Gasteiger partial charge in [0.2, 0.25) is 0 Å². The lowest BCUT2D eigenvalue weighted by Crippen LogP contribution is -2.15. The van der Waals surface area contributed by atoms with Crippen LogP contribution in [0, 0.1) is 6.92 Å². The Morgan fingerprint density at radius 2 is 2.03 bits per heavy atom. The number of carbonyl (C=O) groups is 2. The number of aryl methyl sites for hydroxylation is 1. The van der Waals surface area contributed by atoms with E-state index in [9.17, 15) is 9.59 Å². The Hall–Kier alpha value is -3.06. The smallest absolute Gasteiger partial charge is 0.339 e. The van der Waals surface area contributed by atoms with Gasteiger partial charge in [0.25, 0.3) is 0 Å². The van der Waals surface area contributed by atoms with Crippen molar-refractivity contribution >= 4 is 23.5 Å². The molecule has 0 aliphatic carbocycles. The first kappa shape index (κ1) is 19.3. The van der Waals surface area contributed by atoms with E-state index < -0.39 is 5.97 Å². The van der Waals surface area contributed by atoms with Crippen LogP contribution in [0.25, 0.3) is 0 Å². The normalized spacial score (nSPS) is 12.3. The monoisotopic (exact) mass is 409 g/mol. The SMILES string of the molecule is Cc1cc(CSc2ccccc2C(=O)OCC(=O)c2ccc3c(c2)CCO3)on1. The molecule has 7 heteroatoms. The van der Waals surface area contributed by atoms with Crippen molar-refractivity contribution in [2.24, 2.45) is 0 Å². The second-order valence-corrected chi connectivity index (χ2v) is 7.66. The van der Waals surface area contributed by atoms with Crippen LogP contribution in [0.2, 0.25) is 0 Å². The summed E-state index contributed by atoms with van der Waals surface area (Å²) in [4.78, 5) is 25.8. The van der Waals surface area contributed by atoms with Gasteiger partial charge in [0.05, 0.1) is 23.6 Å². The maximum absolute atomic E-state index is 12.6. The van der Waals surface area contributed by atoms with E-state index in [1.165, 1.54) is 11.8 Å². The summed E-state index contributed by atoms with van der Waals surface area (Å²) in [5.74, 6) is 1.31. The number of esters is 1. The molecule has 4 rings (SSSR count). The Labute approximate surface area is 172 Å². The zero-order chi connectivity index (χ0) is 20.2. The van der Waals surface area contributed by atoms with E-state index in [0.29, 0.717) is 23.5 Å². The average molecular weight is 409 g/mol. The van der Waals surface area contributed by atoms with Gasteiger partial charge in [-0.05, 0) is 42.8 Å². The van der Waals surface area contributed by atoms with Crippen LogP contribution in [0.1, 0.15) is 37.7 Å². The minimum atomic E-state index is -0.528. The van der Waals surface area contributed by atoms with Gasteiger partial charge in [0, 0.05) is 22.9 Å². The molecule has 0 fully saturated rings. The Morgan fingerprint density at radius 1 is 1.17 bits per heavy atom. The molecule has 0 N–H and O–H groups in total. The van der Waals surface area contributed by atoms with E-state index in [4.69, 9.17) is 14.0 Å². The number of nitrogens with zero attached hydrogens (tertiary/aromatic N) is 1. The van der Waals surface area contributed by atoms with Crippen molar-refractivity contribution in [3.8, 4) is 5.75 Å². The highest BCUT2D eigenvalue weighted by atomic mass is 32.2. The van der Waals surface area contributed by atoms with Gasteiger partial charge in [-0.15, -0.1) is 11.8 Å². The Kier molecular flexibility index (Phi) is 5.67. The number of hydrogen-bond donors (Lipinski definition) is 0. The molecule has 0 unspecified atom stereocenters. The number of Topliss-reactive ketones (excluding diaryl/α,β-unsaturated/α-hetero) is 1. The summed E-state index contributed by atoms with van der Waals surface area (Å²) in [6, 6.07) is 14.3. The number of fused-ring (bicyclic) bond motifs is 1. The van der Waals surface area contributed by atoms with Crippen LogP contribution in [0.4, 0.5) is 0 Å². The second-order valence-electron chi connectivity index (χ2n) is 6.64. The lowest BCUT2D eigenvalue weighted by atomic mass is 10.1. The Balaban J connectivity index is 1.38. The maximum Gasteiger partial charge on any atom is 0.339 e. The van der Waals surface area contributed by atoms with E-state index in [-0.39, 0.29) is 12.4 Å². The number of rotatable bonds is 7. The number of carbonyl (C=O) groups excluding carboxylic acids is 2. The highest BCUT2D eigenvalue weighted by Gasteiger charge is 2.18. The minimum absolute atomic E-state index is 0.240. The lowest BCUT2D eigenvalue weighted by Gasteiger charge is -2.09. The van der Waals surface area contributed by atoms with Crippen molar-refractivity contribution in [2.45, 2.75) is 24.0 Å². The number of benzene rings is 2. The van der Waals surface area contributed by atoms with Gasteiger partial charge in [0.15, 0.2) is 12.4 Å². The van der Waals surface area contributed by atoms with Crippen LogP contribution in [-0.4, -0.2) is 30.1 Å². The Morgan fingerprint density at radius 3 is 2.86 bits per heavy atom. The van der Waals surface area contributed by atoms with E-state index in [1.54, 1.807) is 24.3 Å². The van der Waals surface area contributed by atoms with Gasteiger partial charge in [-0.2, -0.15) is 0 Å². The third-order valence-electron chi connectivity index (χ3n) is 4.50. The van der Waals surface area contributed by atoms with Crippen molar-refractivity contribution in [3.05, 3.63) is 76.7 Å². The van der Waals surface area contributed by atoms with E-state index >= 15 is 0 Å². The molecule has 1 aliphatic heterocycles. The summed E-state index contributed by atoms with van der Waals surface area (Å²) in [6.45, 7) is 2.18. The summed E-state index contributed by atoms with van der Waals surface area (Å²) in [6.07, 6.45) is 0.783. The quantitative estimate of drug-likeness (QED) is 0.328. The van der Waals surface area contributed by atoms with E-state index in [2.05, 4.69) is 5.16 Å². The molecule has 148 valence electrons. The zero-order valence-electron chi connectivity index (χ0n) is 15.8. The molecular weight excluding hydrogens is 390 g/mol. The average Bonchev–Trinajstić information content (AvgIpc) is 3.38. The van der Waals surface area contributed by atoms with Gasteiger partial charge in [0.1, 0.15) is 11.5 Å². The summed E-state index contributed by atoms with van der Waals surface area (Å²) in [7, 11) is 0. The topological polar surface area (TPSA) is 78.6 Å². The molecule has 0 radical (unpaired) electrons. The molecule has 0 spiro atoms. The van der Waals surface area contributed by atoms with Crippen molar-refractivity contribution in [2.75, 3.05) is 13.2 Å². The fourth-order valence-electron chi connectivity index (χ4n) is 3.05. The number of hydrogen-bond acceptors (Lipinski definition) is 7. The molecule has 29 heavy (non-hydrogen) atoms. The molecular formula is C22H19NO5S. The molecule has 0 amide bonds. The molecule has 0 atom stereocenters. The summed E-state index contributed by atoms with van der Waals surface area (Å²) >= 11 is 1.45. The van der Waals surface area contributed by atoms with Gasteiger partial charge < -0.3 is 14.0 Å². The molecule has 3 aromatic rings. The predicted octanol–water partition coefficient (Wildman–Crippen LogP) is 4.25. The lowest BCUT2D eigenvalue weighted by molar-refractivity contribution is 0.0471. The van der Waals surface area contributed by atoms with Gasteiger partial charge in [-0.3, -0.25) is 4.79 Å². The first-order chi connectivity index (χ1) is 14.1. The summed E-state index contributed by atoms with van der Waals surface area (Å²) in [5, 5.41) is 3.86. The number of ether oxygens (including phenoxy) is 2. The first-order valence-corrected chi connectivity index (χ1v) is 10.2. The van der Waals surface area contributed by atoms with Crippen molar-refractivity contribution in [1.29, 1.82) is 0 Å². The molecule has 0 saturated heterocycles. The molecule has 0 bridgehead atoms. The summed E-state index contributed by atoms with van der Waals surface area (Å²) < 4.78 is 15.9. The van der Waals surface area contributed by atoms with Crippen LogP contribution in [0.3, 0.4) is 0 Å². The first-order valence-electron chi connectivity index (χ1n) is 9.20. The zero-order valence-corrected chi connectivity index (χ0v) is 16.7. The van der Waals surface area contributed by atoms with Crippen molar-refractivity contribution < 1.29 is 23.6 Å². The van der Waals surface area contributed by atoms with Gasteiger partial charge in [-0.1, -0.05) is 17.3 Å². The fraction of sp³-hybridized carbons (Fsp3) is 0.227. The maximum atomic E-state index is 12.6. The van der Waals surface area contributed by atoms with Gasteiger partial charge >= 0.3 is 5.97 Å². The third-order valence-corrected chi connectivity index (χ3v) is 5.60. The van der Waals surface area contributed by atoms with Crippen molar-refractivity contribution in [1.82, 2.24) is 5.16 Å². The van der Waals surface area contributed by atoms with Crippen LogP contribution >= 0.6 is 11.8 Å².